The van der Waals surface area contributed by atoms with Gasteiger partial charge in [-0.15, -0.1) is 0 Å². The van der Waals surface area contributed by atoms with Gasteiger partial charge in [0.05, 0.1) is 0 Å². The van der Waals surface area contributed by atoms with Crippen LogP contribution in [0.5, 0.6) is 0 Å². The summed E-state index contributed by atoms with van der Waals surface area (Å²) in [5.41, 5.74) is 3.50. The molecule has 41 valence electrons. The Morgan fingerprint density at radius 2 is 2.12 bits per heavy atom. The van der Waals surface area contributed by atoms with Crippen LogP contribution in [0.4, 0.5) is 0 Å². The van der Waals surface area contributed by atoms with Crippen LogP contribution in [0.3, 0.4) is 0 Å². The lowest BCUT2D eigenvalue weighted by molar-refractivity contribution is 1.38. The summed E-state index contributed by atoms with van der Waals surface area (Å²) in [7, 11) is 0. The number of hydrogen-bond acceptors (Lipinski definition) is 0. The lowest BCUT2D eigenvalue weighted by Gasteiger charge is -1.86. The average molecular weight is 105 g/mol. The second-order valence-electron chi connectivity index (χ2n) is 2.10. The van der Waals surface area contributed by atoms with Crippen LogP contribution < -0.4 is 0 Å². The van der Waals surface area contributed by atoms with Gasteiger partial charge in [0.1, 0.15) is 0 Å². The quantitative estimate of drug-likeness (QED) is 0.443. The van der Waals surface area contributed by atoms with Crippen molar-refractivity contribution in [2.24, 2.45) is 0 Å². The Balaban J connectivity index is 2.98. The molecule has 0 aliphatic heterocycles. The van der Waals surface area contributed by atoms with Gasteiger partial charge in [-0.2, -0.15) is 0 Å². The molecule has 1 aliphatic carbocycles. The molecular weight excluding hydrogens is 96.1 g/mol. The van der Waals surface area contributed by atoms with Crippen molar-refractivity contribution < 1.29 is 0 Å². The van der Waals surface area contributed by atoms with E-state index in [-0.39, 0.29) is 0 Å². The van der Waals surface area contributed by atoms with Gasteiger partial charge in [-0.3, -0.25) is 0 Å². The minimum Gasteiger partial charge on any atom is -0.0911 e. The highest BCUT2D eigenvalue weighted by atomic mass is 14.1. The first kappa shape index (κ1) is 5.36. The topological polar surface area (TPSA) is 0 Å². The number of rotatable bonds is 0. The van der Waals surface area contributed by atoms with E-state index in [0.717, 1.165) is 5.57 Å². The first-order chi connectivity index (χ1) is 3.70. The SMILES string of the molecule is C=C1[C]=C(C)C(C)=C1. The molecule has 8 heavy (non-hydrogen) atoms. The highest BCUT2D eigenvalue weighted by Gasteiger charge is 2.00. The molecule has 1 radical (unpaired) electrons. The van der Waals surface area contributed by atoms with E-state index in [1.807, 2.05) is 13.0 Å². The van der Waals surface area contributed by atoms with Gasteiger partial charge in [0.15, 0.2) is 0 Å². The summed E-state index contributed by atoms with van der Waals surface area (Å²) in [5.74, 6) is 0. The Morgan fingerprint density at radius 1 is 1.50 bits per heavy atom. The van der Waals surface area contributed by atoms with Crippen LogP contribution >= 0.6 is 0 Å². The molecule has 0 aromatic rings. The maximum absolute atomic E-state index is 3.75. The molecule has 0 spiro atoms. The molecule has 0 N–H and O–H groups in total. The van der Waals surface area contributed by atoms with Crippen LogP contribution in [0.15, 0.2) is 29.4 Å². The Kier molecular flexibility index (Phi) is 1.09. The molecule has 0 bridgehead atoms. The zero-order valence-electron chi connectivity index (χ0n) is 5.28. The molecule has 0 atom stereocenters. The zero-order valence-corrected chi connectivity index (χ0v) is 5.28. The van der Waals surface area contributed by atoms with E-state index in [4.69, 9.17) is 0 Å². The van der Waals surface area contributed by atoms with Crippen LogP contribution in [0.25, 0.3) is 0 Å². The van der Waals surface area contributed by atoms with E-state index in [9.17, 15) is 0 Å². The van der Waals surface area contributed by atoms with Gasteiger partial charge in [0.25, 0.3) is 0 Å². The number of allylic oxidation sites excluding steroid dienone is 5. The lowest BCUT2D eigenvalue weighted by atomic mass is 10.2. The van der Waals surface area contributed by atoms with E-state index >= 15 is 0 Å². The van der Waals surface area contributed by atoms with E-state index in [1.54, 1.807) is 0 Å². The van der Waals surface area contributed by atoms with Crippen LogP contribution in [0.1, 0.15) is 13.8 Å². The van der Waals surface area contributed by atoms with E-state index in [2.05, 4.69) is 19.6 Å². The smallest absolute Gasteiger partial charge is 0.00768 e. The van der Waals surface area contributed by atoms with Crippen molar-refractivity contribution in [3.8, 4) is 0 Å². The van der Waals surface area contributed by atoms with Crippen LogP contribution in [0.2, 0.25) is 0 Å². The van der Waals surface area contributed by atoms with Gasteiger partial charge in [0, 0.05) is 0 Å². The van der Waals surface area contributed by atoms with Crippen molar-refractivity contribution in [3.63, 3.8) is 0 Å². The second kappa shape index (κ2) is 1.62. The molecule has 0 heterocycles. The van der Waals surface area contributed by atoms with Crippen LogP contribution in [-0.2, 0) is 0 Å². The second-order valence-corrected chi connectivity index (χ2v) is 2.10. The third-order valence-corrected chi connectivity index (χ3v) is 1.33. The molecule has 1 aliphatic rings. The minimum absolute atomic E-state index is 1.00. The maximum Gasteiger partial charge on any atom is -0.00768 e. The van der Waals surface area contributed by atoms with Crippen LogP contribution in [-0.4, -0.2) is 0 Å². The standard InChI is InChI=1S/C8H9/c1-6-4-7(2)8(3)5-6/h4H,1H2,2-3H3. The van der Waals surface area contributed by atoms with Crippen molar-refractivity contribution >= 4 is 0 Å². The third-order valence-electron chi connectivity index (χ3n) is 1.33. The predicted octanol–water partition coefficient (Wildman–Crippen LogP) is 2.25. The lowest BCUT2D eigenvalue weighted by Crippen LogP contribution is -1.67. The summed E-state index contributed by atoms with van der Waals surface area (Å²) in [6, 6.07) is 0. The normalized spacial score (nSPS) is 18.5. The molecule has 0 aromatic heterocycles. The molecule has 0 nitrogen and oxygen atoms in total. The van der Waals surface area contributed by atoms with Crippen molar-refractivity contribution in [1.82, 2.24) is 0 Å². The fourth-order valence-corrected chi connectivity index (χ4v) is 0.745. The summed E-state index contributed by atoms with van der Waals surface area (Å²) in [4.78, 5) is 0. The average Bonchev–Trinajstić information content (AvgIpc) is 1.85. The molecule has 0 saturated heterocycles. The number of hydrogen-bond donors (Lipinski definition) is 0. The Bertz CT molecular complexity index is 160. The van der Waals surface area contributed by atoms with Gasteiger partial charge in [-0.1, -0.05) is 12.7 Å². The molecule has 0 amide bonds. The first-order valence-corrected chi connectivity index (χ1v) is 2.68. The largest absolute Gasteiger partial charge is 0.0911 e. The fourth-order valence-electron chi connectivity index (χ4n) is 0.745. The van der Waals surface area contributed by atoms with E-state index in [1.165, 1.54) is 11.1 Å². The van der Waals surface area contributed by atoms with Crippen molar-refractivity contribution in [3.05, 3.63) is 35.5 Å². The van der Waals surface area contributed by atoms with Crippen molar-refractivity contribution in [2.75, 3.05) is 0 Å². The van der Waals surface area contributed by atoms with E-state index in [0.29, 0.717) is 0 Å². The minimum atomic E-state index is 1.00. The highest BCUT2D eigenvalue weighted by molar-refractivity contribution is 5.44. The Labute approximate surface area is 50.2 Å². The van der Waals surface area contributed by atoms with Crippen LogP contribution in [0, 0.1) is 6.08 Å². The Hall–Kier alpha value is -0.780. The molecule has 0 saturated carbocycles. The third kappa shape index (κ3) is 0.738. The summed E-state index contributed by atoms with van der Waals surface area (Å²) in [6.07, 6.45) is 5.13. The summed E-state index contributed by atoms with van der Waals surface area (Å²) >= 11 is 0. The van der Waals surface area contributed by atoms with Crippen molar-refractivity contribution in [1.29, 1.82) is 0 Å². The fraction of sp³-hybridized carbons (Fsp3) is 0.250. The van der Waals surface area contributed by atoms with Gasteiger partial charge in [-0.05, 0) is 36.6 Å². The van der Waals surface area contributed by atoms with E-state index < -0.39 is 0 Å². The van der Waals surface area contributed by atoms with Crippen molar-refractivity contribution in [2.45, 2.75) is 13.8 Å². The van der Waals surface area contributed by atoms with Gasteiger partial charge >= 0.3 is 0 Å². The van der Waals surface area contributed by atoms with Gasteiger partial charge in [-0.25, -0.2) is 0 Å². The summed E-state index contributed by atoms with van der Waals surface area (Å²) in [5, 5.41) is 0. The molecular formula is C8H9. The maximum atomic E-state index is 3.75. The van der Waals surface area contributed by atoms with Gasteiger partial charge < -0.3 is 0 Å². The Morgan fingerprint density at radius 3 is 2.25 bits per heavy atom. The zero-order chi connectivity index (χ0) is 6.15. The first-order valence-electron chi connectivity index (χ1n) is 2.68. The molecule has 0 unspecified atom stereocenters. The summed E-state index contributed by atoms with van der Waals surface area (Å²) in [6.45, 7) is 7.86. The molecule has 0 aromatic carbocycles. The van der Waals surface area contributed by atoms with Gasteiger partial charge in [0.2, 0.25) is 0 Å². The monoisotopic (exact) mass is 105 g/mol. The summed E-state index contributed by atoms with van der Waals surface area (Å²) < 4.78 is 0. The molecule has 0 fully saturated rings. The molecule has 0 heteroatoms. The predicted molar refractivity (Wildman–Crippen MR) is 35.3 cm³/mol. The molecule has 1 rings (SSSR count). The highest BCUT2D eigenvalue weighted by Crippen LogP contribution is 2.18.